The van der Waals surface area contributed by atoms with Crippen LogP contribution >= 0.6 is 0 Å². The van der Waals surface area contributed by atoms with Crippen molar-refractivity contribution in [2.24, 2.45) is 0 Å². The van der Waals surface area contributed by atoms with Crippen molar-refractivity contribution in [1.82, 2.24) is 0 Å². The Morgan fingerprint density at radius 3 is 0.806 bits per heavy atom. The number of aryl methyl sites for hydroxylation is 1. The average molecular weight is 1230 g/mol. The van der Waals surface area contributed by atoms with Gasteiger partial charge in [-0.25, -0.2) is 0 Å². The van der Waals surface area contributed by atoms with E-state index in [2.05, 4.69) is 251 Å². The standard InChI is InChI=1S/C41H36N2O3.C30H24N2.C12H16O3/c1-32(44)45-30-11-31-46-41-28-26-40(27-29-41)43(37-16-9-4-10-17-37)39-24-20-34(21-25-39)33-18-22-38(23-19-33)42(35-12-5-2-6-13-35)36-14-7-3-8-15-36;1-4-10-26(11-5-1)31-27-20-16-24(17-21-27)25-18-22-30(23-19-25)32(28-12-6-2-7-13-28)29-14-8-3-9-15-29;1-10-4-6-12(7-5-10)15-9-3-8-14-11(2)13/h2-10,12-29H,11,30-31H2,1H3;1-23,31H;4-7H,3,8-9H2,1-2H3. The minimum absolute atomic E-state index is 0.245. The molecule has 464 valence electrons. The molecule has 0 aliphatic rings. The number of nitrogens with zero attached hydrogens (tertiary/aromatic N) is 3. The normalized spacial score (nSPS) is 10.4. The molecule has 12 aromatic carbocycles. The third-order valence-electron chi connectivity index (χ3n) is 14.9. The highest BCUT2D eigenvalue weighted by Crippen LogP contribution is 2.40. The van der Waals surface area contributed by atoms with Crippen molar-refractivity contribution >= 4 is 74.5 Å². The monoisotopic (exact) mass is 1220 g/mol. The van der Waals surface area contributed by atoms with Gasteiger partial charge in [0.25, 0.3) is 0 Å². The Morgan fingerprint density at radius 2 is 0.516 bits per heavy atom. The van der Waals surface area contributed by atoms with Gasteiger partial charge in [0.15, 0.2) is 0 Å². The number of rotatable bonds is 23. The zero-order valence-electron chi connectivity index (χ0n) is 52.7. The van der Waals surface area contributed by atoms with Crippen molar-refractivity contribution in [2.45, 2.75) is 33.6 Å². The van der Waals surface area contributed by atoms with Crippen LogP contribution in [-0.4, -0.2) is 38.4 Å². The van der Waals surface area contributed by atoms with Gasteiger partial charge in [0.1, 0.15) is 11.5 Å². The highest BCUT2D eigenvalue weighted by Gasteiger charge is 2.16. The second kappa shape index (κ2) is 33.8. The van der Waals surface area contributed by atoms with Crippen LogP contribution in [0.15, 0.2) is 328 Å². The number of esters is 2. The summed E-state index contributed by atoms with van der Waals surface area (Å²) in [6.45, 7) is 6.67. The van der Waals surface area contributed by atoms with Crippen LogP contribution in [0.1, 0.15) is 32.3 Å². The topological polar surface area (TPSA) is 92.8 Å². The fourth-order valence-corrected chi connectivity index (χ4v) is 10.3. The second-order valence-electron chi connectivity index (χ2n) is 21.8. The van der Waals surface area contributed by atoms with Crippen molar-refractivity contribution in [1.29, 1.82) is 0 Å². The Labute approximate surface area is 547 Å². The van der Waals surface area contributed by atoms with E-state index in [1.165, 1.54) is 30.5 Å². The van der Waals surface area contributed by atoms with E-state index in [1.54, 1.807) is 0 Å². The Hall–Kier alpha value is -11.6. The van der Waals surface area contributed by atoms with Crippen molar-refractivity contribution in [3.8, 4) is 33.8 Å². The van der Waals surface area contributed by atoms with Gasteiger partial charge in [0.05, 0.1) is 26.4 Å². The van der Waals surface area contributed by atoms with E-state index in [1.807, 2.05) is 104 Å². The van der Waals surface area contributed by atoms with E-state index >= 15 is 0 Å². The second-order valence-corrected chi connectivity index (χ2v) is 21.8. The first-order valence-electron chi connectivity index (χ1n) is 31.3. The molecule has 0 atom stereocenters. The number of carbonyl (C=O) groups excluding carboxylic acids is 2. The molecule has 0 aromatic heterocycles. The van der Waals surface area contributed by atoms with Gasteiger partial charge in [-0.05, 0) is 187 Å². The van der Waals surface area contributed by atoms with Crippen molar-refractivity contribution in [2.75, 3.05) is 46.4 Å². The fourth-order valence-electron chi connectivity index (χ4n) is 10.3. The van der Waals surface area contributed by atoms with Gasteiger partial charge >= 0.3 is 11.9 Å². The first kappa shape index (κ1) is 64.4. The third-order valence-corrected chi connectivity index (χ3v) is 14.9. The number of carbonyl (C=O) groups is 2. The molecule has 10 heteroatoms. The molecule has 93 heavy (non-hydrogen) atoms. The lowest BCUT2D eigenvalue weighted by atomic mass is 10.0. The minimum Gasteiger partial charge on any atom is -0.493 e. The van der Waals surface area contributed by atoms with E-state index < -0.39 is 0 Å². The molecule has 0 heterocycles. The van der Waals surface area contributed by atoms with Crippen LogP contribution in [0.4, 0.5) is 62.6 Å². The quantitative estimate of drug-likeness (QED) is 0.0493. The number of hydrogen-bond acceptors (Lipinski definition) is 10. The number of nitrogens with one attached hydrogen (secondary N) is 1. The molecule has 0 bridgehead atoms. The lowest BCUT2D eigenvalue weighted by Gasteiger charge is -2.26. The van der Waals surface area contributed by atoms with Crippen molar-refractivity contribution in [3.05, 3.63) is 333 Å². The maximum Gasteiger partial charge on any atom is 0.302 e. The zero-order valence-corrected chi connectivity index (χ0v) is 52.7. The molecule has 0 aliphatic carbocycles. The summed E-state index contributed by atoms with van der Waals surface area (Å²) in [5.74, 6) is 1.11. The molecule has 0 saturated carbocycles. The zero-order chi connectivity index (χ0) is 64.2. The summed E-state index contributed by atoms with van der Waals surface area (Å²) in [4.78, 5) is 28.2. The van der Waals surface area contributed by atoms with E-state index in [0.29, 0.717) is 39.3 Å². The van der Waals surface area contributed by atoms with Gasteiger partial charge in [0, 0.05) is 89.3 Å². The summed E-state index contributed by atoms with van der Waals surface area (Å²) < 4.78 is 21.1. The van der Waals surface area contributed by atoms with Crippen LogP contribution in [-0.2, 0) is 19.1 Å². The van der Waals surface area contributed by atoms with Gasteiger partial charge < -0.3 is 39.0 Å². The Morgan fingerprint density at radius 1 is 0.280 bits per heavy atom. The first-order chi connectivity index (χ1) is 45.7. The summed E-state index contributed by atoms with van der Waals surface area (Å²) in [5.41, 5.74) is 18.0. The van der Waals surface area contributed by atoms with E-state index in [-0.39, 0.29) is 11.9 Å². The molecular formula is C83H76N4O6. The predicted octanol–water partition coefficient (Wildman–Crippen LogP) is 21.5. The van der Waals surface area contributed by atoms with E-state index in [0.717, 1.165) is 85.2 Å². The molecule has 0 aliphatic heterocycles. The van der Waals surface area contributed by atoms with Gasteiger partial charge in [-0.3, -0.25) is 9.59 Å². The number of para-hydroxylation sites is 6. The number of ether oxygens (including phenoxy) is 4. The SMILES string of the molecule is CC(=O)OCCCOc1ccc(C)cc1.CC(=O)OCCCOc1ccc(N(c2ccccc2)c2ccc(-c3ccc(N(c4ccccc4)c4ccccc4)cc3)cc2)cc1.c1ccc(Nc2ccc(-c3ccc(N(c4ccccc4)c4ccccc4)cc3)cc2)cc1. The molecule has 0 radical (unpaired) electrons. The average Bonchev–Trinajstić information content (AvgIpc) is 1.35. The Bertz CT molecular complexity index is 4050. The number of hydrogen-bond donors (Lipinski definition) is 1. The van der Waals surface area contributed by atoms with Gasteiger partial charge in [0.2, 0.25) is 0 Å². The van der Waals surface area contributed by atoms with Crippen molar-refractivity contribution in [3.63, 3.8) is 0 Å². The predicted molar refractivity (Wildman–Crippen MR) is 382 cm³/mol. The molecule has 0 saturated heterocycles. The van der Waals surface area contributed by atoms with E-state index in [4.69, 9.17) is 18.9 Å². The van der Waals surface area contributed by atoms with Crippen LogP contribution in [0.25, 0.3) is 22.3 Å². The fraction of sp³-hybridized carbons (Fsp3) is 0.108. The highest BCUT2D eigenvalue weighted by molar-refractivity contribution is 5.82. The van der Waals surface area contributed by atoms with Crippen molar-refractivity contribution < 1.29 is 28.5 Å². The van der Waals surface area contributed by atoms with Crippen LogP contribution in [0, 0.1) is 6.92 Å². The summed E-state index contributed by atoms with van der Waals surface area (Å²) in [7, 11) is 0. The largest absolute Gasteiger partial charge is 0.493 e. The van der Waals surface area contributed by atoms with Gasteiger partial charge in [-0.15, -0.1) is 0 Å². The molecule has 12 rings (SSSR count). The van der Waals surface area contributed by atoms with Gasteiger partial charge in [-0.1, -0.05) is 175 Å². The number of anilines is 11. The number of benzene rings is 12. The molecule has 0 unspecified atom stereocenters. The molecule has 0 amide bonds. The summed E-state index contributed by atoms with van der Waals surface area (Å²) >= 11 is 0. The maximum absolute atomic E-state index is 11.0. The highest BCUT2D eigenvalue weighted by atomic mass is 16.5. The third kappa shape index (κ3) is 19.2. The molecule has 0 fully saturated rings. The molecule has 12 aromatic rings. The lowest BCUT2D eigenvalue weighted by molar-refractivity contribution is -0.142. The maximum atomic E-state index is 11.0. The summed E-state index contributed by atoms with van der Waals surface area (Å²) in [6, 6.07) is 113. The van der Waals surface area contributed by atoms with Crippen LogP contribution in [0.3, 0.4) is 0 Å². The summed E-state index contributed by atoms with van der Waals surface area (Å²) in [6.07, 6.45) is 1.36. The smallest absolute Gasteiger partial charge is 0.302 e. The molecule has 1 N–H and O–H groups in total. The van der Waals surface area contributed by atoms with E-state index in [9.17, 15) is 9.59 Å². The Kier molecular flexibility index (Phi) is 23.4. The minimum atomic E-state index is -0.273. The lowest BCUT2D eigenvalue weighted by Crippen LogP contribution is -2.10. The molecule has 0 spiro atoms. The van der Waals surface area contributed by atoms with Crippen LogP contribution < -0.4 is 29.5 Å². The molecular weight excluding hydrogens is 1150 g/mol. The Balaban J connectivity index is 0.000000173. The summed E-state index contributed by atoms with van der Waals surface area (Å²) in [5, 5.41) is 3.44. The molecule has 10 nitrogen and oxygen atoms in total. The van der Waals surface area contributed by atoms with Crippen LogP contribution in [0.2, 0.25) is 0 Å². The van der Waals surface area contributed by atoms with Crippen LogP contribution in [0.5, 0.6) is 11.5 Å². The first-order valence-corrected chi connectivity index (χ1v) is 31.3. The van der Waals surface area contributed by atoms with Gasteiger partial charge in [-0.2, -0.15) is 0 Å².